The third-order valence-electron chi connectivity index (χ3n) is 4.43. The molecule has 0 amide bonds. The molecular weight excluding hydrogens is 360 g/mol. The standard InChI is InChI=1S/C21H18N2O5/c1-13-6-3-4-8-18(13)28-12-17(24)19-14(2)16(10-22)20(25)23(21(19)26)11-15-7-5-9-27-15/h3-9,26H,11-12H2,1-2H3. The molecule has 0 saturated carbocycles. The van der Waals surface area contributed by atoms with E-state index < -0.39 is 17.2 Å². The second-order valence-corrected chi connectivity index (χ2v) is 6.26. The number of rotatable bonds is 6. The number of carbonyl (C=O) groups excluding carboxylic acids is 1. The van der Waals surface area contributed by atoms with Crippen molar-refractivity contribution in [2.24, 2.45) is 0 Å². The first-order chi connectivity index (χ1) is 13.4. The predicted octanol–water partition coefficient (Wildman–Crippen LogP) is 2.95. The average molecular weight is 378 g/mol. The monoisotopic (exact) mass is 378 g/mol. The molecule has 0 fully saturated rings. The summed E-state index contributed by atoms with van der Waals surface area (Å²) in [6.45, 7) is 2.85. The van der Waals surface area contributed by atoms with Crippen molar-refractivity contribution < 1.29 is 19.1 Å². The quantitative estimate of drug-likeness (QED) is 0.661. The summed E-state index contributed by atoms with van der Waals surface area (Å²) in [6.07, 6.45) is 1.43. The van der Waals surface area contributed by atoms with E-state index in [0.717, 1.165) is 10.1 Å². The molecule has 0 aliphatic heterocycles. The molecule has 0 saturated heterocycles. The molecule has 142 valence electrons. The van der Waals surface area contributed by atoms with Crippen LogP contribution in [0.25, 0.3) is 0 Å². The van der Waals surface area contributed by atoms with E-state index in [1.54, 1.807) is 24.3 Å². The van der Waals surface area contributed by atoms with Crippen molar-refractivity contribution in [3.63, 3.8) is 0 Å². The zero-order chi connectivity index (χ0) is 20.3. The minimum Gasteiger partial charge on any atom is -0.494 e. The molecule has 1 N–H and O–H groups in total. The van der Waals surface area contributed by atoms with Crippen LogP contribution in [-0.4, -0.2) is 22.1 Å². The van der Waals surface area contributed by atoms with Gasteiger partial charge in [-0.15, -0.1) is 0 Å². The number of aromatic hydroxyl groups is 1. The summed E-state index contributed by atoms with van der Waals surface area (Å²) in [6, 6.07) is 12.3. The smallest absolute Gasteiger partial charge is 0.271 e. The van der Waals surface area contributed by atoms with Gasteiger partial charge in [0.15, 0.2) is 6.61 Å². The lowest BCUT2D eigenvalue weighted by atomic mass is 10.0. The van der Waals surface area contributed by atoms with Crippen molar-refractivity contribution in [2.45, 2.75) is 20.4 Å². The average Bonchev–Trinajstić information content (AvgIpc) is 3.18. The van der Waals surface area contributed by atoms with Crippen LogP contribution in [0.2, 0.25) is 0 Å². The Labute approximate surface area is 161 Å². The molecule has 3 aromatic rings. The number of Topliss-reactive ketones (excluding diaryl/α,β-unsaturated/α-hetero) is 1. The van der Waals surface area contributed by atoms with Gasteiger partial charge in [0.1, 0.15) is 23.1 Å². The molecule has 3 rings (SSSR count). The van der Waals surface area contributed by atoms with Gasteiger partial charge in [0.25, 0.3) is 5.56 Å². The number of nitrogens with zero attached hydrogens (tertiary/aromatic N) is 2. The van der Waals surface area contributed by atoms with Gasteiger partial charge in [0, 0.05) is 0 Å². The van der Waals surface area contributed by atoms with Crippen LogP contribution < -0.4 is 10.3 Å². The van der Waals surface area contributed by atoms with E-state index in [2.05, 4.69) is 0 Å². The maximum Gasteiger partial charge on any atom is 0.271 e. The van der Waals surface area contributed by atoms with Crippen molar-refractivity contribution in [1.29, 1.82) is 5.26 Å². The fourth-order valence-corrected chi connectivity index (χ4v) is 2.92. The Balaban J connectivity index is 1.99. The number of nitriles is 1. The van der Waals surface area contributed by atoms with Crippen LogP contribution in [0.3, 0.4) is 0 Å². The van der Waals surface area contributed by atoms with Crippen molar-refractivity contribution in [2.75, 3.05) is 6.61 Å². The van der Waals surface area contributed by atoms with Gasteiger partial charge in [-0.2, -0.15) is 5.26 Å². The number of hydrogen-bond donors (Lipinski definition) is 1. The summed E-state index contributed by atoms with van der Waals surface area (Å²) < 4.78 is 11.7. The topological polar surface area (TPSA) is 105 Å². The molecule has 0 spiro atoms. The SMILES string of the molecule is Cc1ccccc1OCC(=O)c1c(C)c(C#N)c(=O)n(Cc2ccco2)c1O. The van der Waals surface area contributed by atoms with Crippen molar-refractivity contribution >= 4 is 5.78 Å². The number of hydrogen-bond acceptors (Lipinski definition) is 6. The Kier molecular flexibility index (Phi) is 5.32. The summed E-state index contributed by atoms with van der Waals surface area (Å²) in [5, 5.41) is 20.0. The summed E-state index contributed by atoms with van der Waals surface area (Å²) >= 11 is 0. The van der Waals surface area contributed by atoms with Crippen molar-refractivity contribution in [3.05, 3.63) is 81.0 Å². The number of ketones is 1. The normalized spacial score (nSPS) is 10.5. The first-order valence-corrected chi connectivity index (χ1v) is 8.54. The Hall–Kier alpha value is -3.79. The highest BCUT2D eigenvalue weighted by Gasteiger charge is 2.24. The zero-order valence-electron chi connectivity index (χ0n) is 15.4. The molecule has 28 heavy (non-hydrogen) atoms. The number of para-hydroxylation sites is 1. The van der Waals surface area contributed by atoms with Crippen LogP contribution in [-0.2, 0) is 6.54 Å². The summed E-state index contributed by atoms with van der Waals surface area (Å²) in [7, 11) is 0. The molecule has 7 nitrogen and oxygen atoms in total. The van der Waals surface area contributed by atoms with E-state index in [1.807, 2.05) is 25.1 Å². The Bertz CT molecular complexity index is 1120. The molecule has 0 aliphatic carbocycles. The van der Waals surface area contributed by atoms with Crippen molar-refractivity contribution in [3.8, 4) is 17.7 Å². The molecule has 1 aromatic carbocycles. The lowest BCUT2D eigenvalue weighted by molar-refractivity contribution is 0.0916. The molecule has 2 aromatic heterocycles. The lowest BCUT2D eigenvalue weighted by Gasteiger charge is -2.15. The van der Waals surface area contributed by atoms with Crippen LogP contribution in [0.5, 0.6) is 11.6 Å². The van der Waals surface area contributed by atoms with Crippen LogP contribution in [0.4, 0.5) is 0 Å². The molecule has 0 unspecified atom stereocenters. The number of furan rings is 1. The largest absolute Gasteiger partial charge is 0.494 e. The number of aromatic nitrogens is 1. The zero-order valence-corrected chi connectivity index (χ0v) is 15.4. The molecule has 0 aliphatic rings. The third-order valence-corrected chi connectivity index (χ3v) is 4.43. The minimum absolute atomic E-state index is 0.106. The fourth-order valence-electron chi connectivity index (χ4n) is 2.92. The van der Waals surface area contributed by atoms with Crippen LogP contribution in [0.1, 0.15) is 32.8 Å². The Morgan fingerprint density at radius 2 is 2.00 bits per heavy atom. The summed E-state index contributed by atoms with van der Waals surface area (Å²) in [5.74, 6) is -0.114. The fraction of sp³-hybridized carbons (Fsp3) is 0.190. The van der Waals surface area contributed by atoms with Crippen molar-refractivity contribution in [1.82, 2.24) is 4.57 Å². The lowest BCUT2D eigenvalue weighted by Crippen LogP contribution is -2.28. The number of carbonyl (C=O) groups is 1. The number of benzene rings is 1. The first kappa shape index (κ1) is 19.0. The van der Waals surface area contributed by atoms with Gasteiger partial charge < -0.3 is 14.3 Å². The van der Waals surface area contributed by atoms with Gasteiger partial charge in [-0.05, 0) is 43.2 Å². The Morgan fingerprint density at radius 3 is 2.64 bits per heavy atom. The van der Waals surface area contributed by atoms with E-state index in [4.69, 9.17) is 9.15 Å². The third kappa shape index (κ3) is 3.53. The second kappa shape index (κ2) is 7.84. The molecule has 0 atom stereocenters. The van der Waals surface area contributed by atoms with E-state index in [9.17, 15) is 20.0 Å². The van der Waals surface area contributed by atoms with Crippen LogP contribution >= 0.6 is 0 Å². The summed E-state index contributed by atoms with van der Waals surface area (Å²) in [5.41, 5.74) is -0.0269. The van der Waals surface area contributed by atoms with Gasteiger partial charge >= 0.3 is 0 Å². The van der Waals surface area contributed by atoms with E-state index in [1.165, 1.54) is 13.2 Å². The number of aryl methyl sites for hydroxylation is 1. The maximum atomic E-state index is 12.8. The highest BCUT2D eigenvalue weighted by atomic mass is 16.5. The van der Waals surface area contributed by atoms with Gasteiger partial charge in [0.2, 0.25) is 11.7 Å². The number of pyridine rings is 1. The number of ether oxygens (including phenoxy) is 1. The predicted molar refractivity (Wildman–Crippen MR) is 101 cm³/mol. The second-order valence-electron chi connectivity index (χ2n) is 6.26. The van der Waals surface area contributed by atoms with Gasteiger partial charge in [-0.1, -0.05) is 18.2 Å². The maximum absolute atomic E-state index is 12.8. The van der Waals surface area contributed by atoms with E-state index in [0.29, 0.717) is 11.5 Å². The van der Waals surface area contributed by atoms with Gasteiger partial charge in [0.05, 0.1) is 18.4 Å². The molecule has 0 radical (unpaired) electrons. The summed E-state index contributed by atoms with van der Waals surface area (Å²) in [4.78, 5) is 25.3. The molecule has 0 bridgehead atoms. The highest BCUT2D eigenvalue weighted by molar-refractivity contribution is 6.01. The van der Waals surface area contributed by atoms with Gasteiger partial charge in [-0.25, -0.2) is 0 Å². The molecular formula is C21H18N2O5. The van der Waals surface area contributed by atoms with E-state index >= 15 is 0 Å². The minimum atomic E-state index is -0.690. The van der Waals surface area contributed by atoms with Gasteiger partial charge in [-0.3, -0.25) is 14.2 Å². The van der Waals surface area contributed by atoms with Crippen LogP contribution in [0.15, 0.2) is 51.9 Å². The Morgan fingerprint density at radius 1 is 1.25 bits per heavy atom. The van der Waals surface area contributed by atoms with E-state index in [-0.39, 0.29) is 29.8 Å². The first-order valence-electron chi connectivity index (χ1n) is 8.54. The molecule has 2 heterocycles. The van der Waals surface area contributed by atoms with Crippen LogP contribution in [0, 0.1) is 25.2 Å². The highest BCUT2D eigenvalue weighted by Crippen LogP contribution is 2.24. The molecule has 7 heteroatoms.